The van der Waals surface area contributed by atoms with Crippen molar-refractivity contribution in [2.24, 2.45) is 0 Å². The van der Waals surface area contributed by atoms with Gasteiger partial charge in [-0.3, -0.25) is 9.59 Å². The Hall–Kier alpha value is -3.52. The summed E-state index contributed by atoms with van der Waals surface area (Å²) in [6.07, 6.45) is 2.65. The maximum Gasteiger partial charge on any atom is 0.224 e. The number of aliphatic hydroxyl groups is 1. The van der Waals surface area contributed by atoms with E-state index in [4.69, 9.17) is 0 Å². The molecule has 0 saturated carbocycles. The van der Waals surface area contributed by atoms with Crippen LogP contribution in [0.4, 0.5) is 5.69 Å². The summed E-state index contributed by atoms with van der Waals surface area (Å²) < 4.78 is 1.79. The zero-order chi connectivity index (χ0) is 22.7. The number of aliphatic hydroxyl groups excluding tert-OH is 1. The summed E-state index contributed by atoms with van der Waals surface area (Å²) in [5, 5.41) is 20.6. The minimum Gasteiger partial charge on any atom is -0.388 e. The topological polar surface area (TPSA) is 109 Å². The predicted octanol–water partition coefficient (Wildman–Crippen LogP) is 2.90. The fourth-order valence-corrected chi connectivity index (χ4v) is 3.84. The van der Waals surface area contributed by atoms with Gasteiger partial charge < -0.3 is 15.7 Å². The van der Waals surface area contributed by atoms with Crippen molar-refractivity contribution in [2.45, 2.75) is 52.2 Å². The number of anilines is 1. The first-order valence-corrected chi connectivity index (χ1v) is 10.7. The fourth-order valence-electron chi connectivity index (χ4n) is 3.84. The van der Waals surface area contributed by atoms with Gasteiger partial charge in [0, 0.05) is 37.0 Å². The summed E-state index contributed by atoms with van der Waals surface area (Å²) in [4.78, 5) is 28.2. The van der Waals surface area contributed by atoms with Crippen molar-refractivity contribution in [3.63, 3.8) is 0 Å². The molecule has 8 nitrogen and oxygen atoms in total. The standard InChI is InChI=1S/C24H27N5O3/c1-15-11-16(2)29(28-15)22-8-3-17(13-25-22)14-26-23(31)10-7-21(30)19-4-6-20-18(12-19)5-9-24(32)27-20/h3-4,6,8,11-13,21,30H,5,7,9-10,14H2,1-2H3,(H,26,31)(H,27,32)/t21-/m0/s1. The highest BCUT2D eigenvalue weighted by atomic mass is 16.3. The molecule has 0 bridgehead atoms. The Bertz CT molecular complexity index is 1140. The molecule has 8 heteroatoms. The summed E-state index contributed by atoms with van der Waals surface area (Å²) >= 11 is 0. The van der Waals surface area contributed by atoms with E-state index in [1.807, 2.05) is 44.2 Å². The van der Waals surface area contributed by atoms with Crippen molar-refractivity contribution >= 4 is 17.5 Å². The van der Waals surface area contributed by atoms with E-state index in [-0.39, 0.29) is 18.2 Å². The van der Waals surface area contributed by atoms with Gasteiger partial charge in [0.2, 0.25) is 11.8 Å². The number of carbonyl (C=O) groups excluding carboxylic acids is 2. The van der Waals surface area contributed by atoms with E-state index in [1.165, 1.54) is 0 Å². The number of nitrogens with zero attached hydrogens (tertiary/aromatic N) is 3. The number of aromatic nitrogens is 3. The Kier molecular flexibility index (Phi) is 6.32. The third-order valence-electron chi connectivity index (χ3n) is 5.58. The summed E-state index contributed by atoms with van der Waals surface area (Å²) in [7, 11) is 0. The molecule has 32 heavy (non-hydrogen) atoms. The zero-order valence-electron chi connectivity index (χ0n) is 18.3. The van der Waals surface area contributed by atoms with Gasteiger partial charge in [-0.1, -0.05) is 18.2 Å². The highest BCUT2D eigenvalue weighted by Gasteiger charge is 2.17. The van der Waals surface area contributed by atoms with E-state index in [2.05, 4.69) is 20.7 Å². The molecule has 1 atom stereocenters. The van der Waals surface area contributed by atoms with Gasteiger partial charge in [-0.15, -0.1) is 0 Å². The van der Waals surface area contributed by atoms with Crippen LogP contribution in [-0.2, 0) is 22.6 Å². The van der Waals surface area contributed by atoms with Gasteiger partial charge in [0.25, 0.3) is 0 Å². The number of benzene rings is 1. The first-order valence-electron chi connectivity index (χ1n) is 10.7. The number of fused-ring (bicyclic) bond motifs is 1. The normalized spacial score (nSPS) is 13.9. The monoisotopic (exact) mass is 433 g/mol. The molecule has 0 unspecified atom stereocenters. The Morgan fingerprint density at radius 2 is 2.06 bits per heavy atom. The lowest BCUT2D eigenvalue weighted by molar-refractivity contribution is -0.122. The molecule has 3 N–H and O–H groups in total. The average molecular weight is 434 g/mol. The van der Waals surface area contributed by atoms with Crippen LogP contribution < -0.4 is 10.6 Å². The second-order valence-electron chi connectivity index (χ2n) is 8.16. The predicted molar refractivity (Wildman–Crippen MR) is 120 cm³/mol. The molecular weight excluding hydrogens is 406 g/mol. The molecule has 166 valence electrons. The van der Waals surface area contributed by atoms with Crippen molar-refractivity contribution in [3.05, 3.63) is 70.7 Å². The molecule has 3 heterocycles. The SMILES string of the molecule is Cc1cc(C)n(-c2ccc(CNC(=O)CC[C@H](O)c3ccc4c(c3)CCC(=O)N4)cn2)n1. The van der Waals surface area contributed by atoms with Gasteiger partial charge in [-0.25, -0.2) is 9.67 Å². The van der Waals surface area contributed by atoms with Crippen molar-refractivity contribution < 1.29 is 14.7 Å². The molecule has 1 aliphatic rings. The van der Waals surface area contributed by atoms with Crippen LogP contribution in [0.15, 0.2) is 42.6 Å². The zero-order valence-corrected chi connectivity index (χ0v) is 18.3. The van der Waals surface area contributed by atoms with Gasteiger partial charge in [-0.2, -0.15) is 5.10 Å². The van der Waals surface area contributed by atoms with E-state index in [0.717, 1.165) is 39.6 Å². The number of hydrogen-bond acceptors (Lipinski definition) is 5. The Balaban J connectivity index is 1.26. The van der Waals surface area contributed by atoms with Crippen molar-refractivity contribution in [1.82, 2.24) is 20.1 Å². The third-order valence-corrected chi connectivity index (χ3v) is 5.58. The van der Waals surface area contributed by atoms with E-state index >= 15 is 0 Å². The van der Waals surface area contributed by atoms with E-state index in [1.54, 1.807) is 16.9 Å². The van der Waals surface area contributed by atoms with E-state index in [9.17, 15) is 14.7 Å². The summed E-state index contributed by atoms with van der Waals surface area (Å²) in [6, 6.07) is 11.3. The van der Waals surface area contributed by atoms with Gasteiger partial charge >= 0.3 is 0 Å². The van der Waals surface area contributed by atoms with Crippen LogP contribution in [0.25, 0.3) is 5.82 Å². The van der Waals surface area contributed by atoms with Crippen LogP contribution in [0.3, 0.4) is 0 Å². The second-order valence-corrected chi connectivity index (χ2v) is 8.16. The molecule has 1 aliphatic heterocycles. The second kappa shape index (κ2) is 9.32. The molecule has 0 aliphatic carbocycles. The number of pyridine rings is 1. The largest absolute Gasteiger partial charge is 0.388 e. The van der Waals surface area contributed by atoms with Gasteiger partial charge in [0.15, 0.2) is 5.82 Å². The molecule has 0 fully saturated rings. The van der Waals surface area contributed by atoms with Crippen molar-refractivity contribution in [2.75, 3.05) is 5.32 Å². The molecule has 3 aromatic rings. The van der Waals surface area contributed by atoms with Crippen LogP contribution in [0.1, 0.15) is 53.4 Å². The van der Waals surface area contributed by atoms with Crippen LogP contribution in [0, 0.1) is 13.8 Å². The molecule has 4 rings (SSSR count). The molecule has 0 saturated heterocycles. The molecule has 0 spiro atoms. The quantitative estimate of drug-likeness (QED) is 0.531. The fraction of sp³-hybridized carbons (Fsp3) is 0.333. The summed E-state index contributed by atoms with van der Waals surface area (Å²) in [5.74, 6) is 0.620. The number of amides is 2. The maximum atomic E-state index is 12.3. The third kappa shape index (κ3) is 5.03. The van der Waals surface area contributed by atoms with E-state index < -0.39 is 6.10 Å². The minimum absolute atomic E-state index is 0.0129. The highest BCUT2D eigenvalue weighted by molar-refractivity contribution is 5.93. The molecular formula is C24H27N5O3. The van der Waals surface area contributed by atoms with Gasteiger partial charge in [-0.05, 0) is 61.6 Å². The number of carbonyl (C=O) groups is 2. The Morgan fingerprint density at radius 3 is 2.78 bits per heavy atom. The number of rotatable bonds is 7. The molecule has 0 radical (unpaired) electrons. The lowest BCUT2D eigenvalue weighted by Gasteiger charge is -2.19. The maximum absolute atomic E-state index is 12.3. The summed E-state index contributed by atoms with van der Waals surface area (Å²) in [6.45, 7) is 4.29. The highest BCUT2D eigenvalue weighted by Crippen LogP contribution is 2.27. The number of nitrogens with one attached hydrogen (secondary N) is 2. The molecule has 2 amide bonds. The molecule has 1 aromatic carbocycles. The van der Waals surface area contributed by atoms with Crippen molar-refractivity contribution in [1.29, 1.82) is 0 Å². The lowest BCUT2D eigenvalue weighted by atomic mass is 9.96. The van der Waals surface area contributed by atoms with Gasteiger partial charge in [0.05, 0.1) is 11.8 Å². The number of hydrogen-bond donors (Lipinski definition) is 3. The van der Waals surface area contributed by atoms with Gasteiger partial charge in [0.1, 0.15) is 0 Å². The van der Waals surface area contributed by atoms with Crippen LogP contribution >= 0.6 is 0 Å². The Labute approximate surface area is 186 Å². The first-order chi connectivity index (χ1) is 15.4. The Morgan fingerprint density at radius 1 is 1.22 bits per heavy atom. The van der Waals surface area contributed by atoms with Crippen LogP contribution in [0.5, 0.6) is 0 Å². The van der Waals surface area contributed by atoms with Crippen LogP contribution in [0.2, 0.25) is 0 Å². The smallest absolute Gasteiger partial charge is 0.224 e. The van der Waals surface area contributed by atoms with E-state index in [0.29, 0.717) is 25.8 Å². The molecule has 2 aromatic heterocycles. The van der Waals surface area contributed by atoms with Crippen LogP contribution in [-0.4, -0.2) is 31.7 Å². The summed E-state index contributed by atoms with van der Waals surface area (Å²) in [5.41, 5.74) is 5.41. The lowest BCUT2D eigenvalue weighted by Crippen LogP contribution is -2.23. The minimum atomic E-state index is -0.731. The number of aryl methyl sites for hydroxylation is 3. The van der Waals surface area contributed by atoms with Crippen molar-refractivity contribution in [3.8, 4) is 5.82 Å². The average Bonchev–Trinajstić information content (AvgIpc) is 3.13. The first kappa shape index (κ1) is 21.7.